The molecule has 0 unspecified atom stereocenters. The van der Waals surface area contributed by atoms with Crippen molar-refractivity contribution in [3.05, 3.63) is 74.5 Å². The van der Waals surface area contributed by atoms with E-state index in [0.29, 0.717) is 11.6 Å². The summed E-state index contributed by atoms with van der Waals surface area (Å²) in [6.07, 6.45) is 1.78. The highest BCUT2D eigenvalue weighted by Crippen LogP contribution is 2.23. The third-order valence-corrected chi connectivity index (χ3v) is 5.36. The molecule has 0 atom stereocenters. The van der Waals surface area contributed by atoms with Gasteiger partial charge in [0.05, 0.1) is 22.8 Å². The SMILES string of the molecule is C=CCN=c1scc(-c2cccc(Cl)c2)n1N=C(C)c1cccs1. The Morgan fingerprint density at radius 3 is 2.88 bits per heavy atom. The van der Waals surface area contributed by atoms with Crippen molar-refractivity contribution in [3.8, 4) is 11.3 Å². The van der Waals surface area contributed by atoms with Crippen LogP contribution in [0.4, 0.5) is 0 Å². The van der Waals surface area contributed by atoms with Crippen molar-refractivity contribution in [2.24, 2.45) is 10.1 Å². The quantitative estimate of drug-likeness (QED) is 0.429. The Morgan fingerprint density at radius 2 is 2.17 bits per heavy atom. The van der Waals surface area contributed by atoms with Crippen molar-refractivity contribution in [2.45, 2.75) is 6.92 Å². The van der Waals surface area contributed by atoms with Crippen LogP contribution in [0.3, 0.4) is 0 Å². The number of thiophene rings is 1. The summed E-state index contributed by atoms with van der Waals surface area (Å²) >= 11 is 9.38. The average Bonchev–Trinajstić information content (AvgIpc) is 3.23. The van der Waals surface area contributed by atoms with Crippen LogP contribution in [0.5, 0.6) is 0 Å². The first-order valence-corrected chi connectivity index (χ1v) is 9.50. The zero-order chi connectivity index (χ0) is 16.9. The Bertz CT molecular complexity index is 933. The van der Waals surface area contributed by atoms with Gasteiger partial charge in [-0.3, -0.25) is 4.99 Å². The summed E-state index contributed by atoms with van der Waals surface area (Å²) in [7, 11) is 0. The van der Waals surface area contributed by atoms with E-state index in [9.17, 15) is 0 Å². The van der Waals surface area contributed by atoms with E-state index in [2.05, 4.69) is 23.0 Å². The lowest BCUT2D eigenvalue weighted by molar-refractivity contribution is 0.835. The second kappa shape index (κ2) is 7.75. The Balaban J connectivity index is 2.16. The summed E-state index contributed by atoms with van der Waals surface area (Å²) in [5.74, 6) is 0. The van der Waals surface area contributed by atoms with E-state index in [-0.39, 0.29) is 0 Å². The molecule has 0 aliphatic carbocycles. The Hall–Kier alpha value is -1.95. The number of rotatable bonds is 5. The Morgan fingerprint density at radius 1 is 1.29 bits per heavy atom. The third kappa shape index (κ3) is 3.75. The highest BCUT2D eigenvalue weighted by atomic mass is 35.5. The molecule has 2 heterocycles. The summed E-state index contributed by atoms with van der Waals surface area (Å²) in [6, 6.07) is 11.9. The number of halogens is 1. The van der Waals surface area contributed by atoms with E-state index >= 15 is 0 Å². The molecule has 0 bridgehead atoms. The van der Waals surface area contributed by atoms with Gasteiger partial charge in [-0.15, -0.1) is 29.3 Å². The number of aromatic nitrogens is 1. The lowest BCUT2D eigenvalue weighted by Gasteiger charge is -2.05. The Labute approximate surface area is 153 Å². The van der Waals surface area contributed by atoms with Crippen molar-refractivity contribution < 1.29 is 0 Å². The minimum Gasteiger partial charge on any atom is -0.253 e. The van der Waals surface area contributed by atoms with Crippen molar-refractivity contribution in [1.29, 1.82) is 0 Å². The van der Waals surface area contributed by atoms with Gasteiger partial charge in [-0.25, -0.2) is 4.68 Å². The molecule has 0 fully saturated rings. The van der Waals surface area contributed by atoms with Gasteiger partial charge in [-0.2, -0.15) is 5.10 Å². The van der Waals surface area contributed by atoms with Crippen LogP contribution >= 0.6 is 34.3 Å². The fourth-order valence-electron chi connectivity index (χ4n) is 2.18. The highest BCUT2D eigenvalue weighted by Gasteiger charge is 2.09. The Kier molecular flexibility index (Phi) is 5.45. The zero-order valence-corrected chi connectivity index (χ0v) is 15.5. The van der Waals surface area contributed by atoms with Gasteiger partial charge in [0.25, 0.3) is 0 Å². The van der Waals surface area contributed by atoms with E-state index in [1.54, 1.807) is 28.7 Å². The molecule has 0 saturated carbocycles. The van der Waals surface area contributed by atoms with Crippen LogP contribution in [0.25, 0.3) is 11.3 Å². The molecule has 1 aromatic carbocycles. The van der Waals surface area contributed by atoms with E-state index in [1.165, 1.54) is 0 Å². The van der Waals surface area contributed by atoms with E-state index in [1.807, 2.05) is 47.3 Å². The molecular weight excluding hydrogens is 358 g/mol. The first-order valence-electron chi connectivity index (χ1n) is 7.36. The van der Waals surface area contributed by atoms with Crippen molar-refractivity contribution in [1.82, 2.24) is 4.68 Å². The fourth-order valence-corrected chi connectivity index (χ4v) is 3.88. The van der Waals surface area contributed by atoms with Gasteiger partial charge in [0, 0.05) is 16.0 Å². The molecule has 0 N–H and O–H groups in total. The average molecular weight is 374 g/mol. The number of benzene rings is 1. The van der Waals surface area contributed by atoms with Crippen LogP contribution in [0, 0.1) is 0 Å². The molecule has 0 spiro atoms. The molecule has 3 rings (SSSR count). The second-order valence-electron chi connectivity index (χ2n) is 5.02. The van der Waals surface area contributed by atoms with Crippen LogP contribution < -0.4 is 4.80 Å². The predicted molar refractivity (Wildman–Crippen MR) is 105 cm³/mol. The van der Waals surface area contributed by atoms with Crippen LogP contribution in [0.1, 0.15) is 11.8 Å². The van der Waals surface area contributed by atoms with E-state index in [4.69, 9.17) is 16.7 Å². The third-order valence-electron chi connectivity index (χ3n) is 3.29. The van der Waals surface area contributed by atoms with Crippen LogP contribution in [0.15, 0.2) is 69.9 Å². The minimum absolute atomic E-state index is 0.559. The standard InChI is InChI=1S/C18H16ClN3S2/c1-3-9-20-18-22(21-13(2)17-8-5-10-23-17)16(12-24-18)14-6-4-7-15(19)11-14/h3-8,10-12H,1,9H2,2H3. The van der Waals surface area contributed by atoms with Gasteiger partial charge in [-0.1, -0.05) is 35.9 Å². The lowest BCUT2D eigenvalue weighted by Crippen LogP contribution is -2.14. The molecule has 0 aliphatic heterocycles. The second-order valence-corrected chi connectivity index (χ2v) is 7.24. The maximum absolute atomic E-state index is 6.15. The lowest BCUT2D eigenvalue weighted by atomic mass is 10.2. The highest BCUT2D eigenvalue weighted by molar-refractivity contribution is 7.12. The van der Waals surface area contributed by atoms with Gasteiger partial charge in [-0.05, 0) is 30.5 Å². The zero-order valence-electron chi connectivity index (χ0n) is 13.1. The fraction of sp³-hybridized carbons (Fsp3) is 0.111. The first kappa shape index (κ1) is 16.9. The molecular formula is C18H16ClN3S2. The van der Waals surface area contributed by atoms with Crippen molar-refractivity contribution in [3.63, 3.8) is 0 Å². The van der Waals surface area contributed by atoms with Crippen LogP contribution in [-0.2, 0) is 0 Å². The molecule has 0 amide bonds. The number of nitrogens with zero attached hydrogens (tertiary/aromatic N) is 3. The number of thiazole rings is 1. The van der Waals surface area contributed by atoms with E-state index in [0.717, 1.165) is 26.6 Å². The summed E-state index contributed by atoms with van der Waals surface area (Å²) < 4.78 is 1.88. The monoisotopic (exact) mass is 373 g/mol. The van der Waals surface area contributed by atoms with Crippen LogP contribution in [-0.4, -0.2) is 16.9 Å². The van der Waals surface area contributed by atoms with Gasteiger partial charge in [0.15, 0.2) is 0 Å². The van der Waals surface area contributed by atoms with Gasteiger partial charge in [0.2, 0.25) is 4.80 Å². The number of hydrogen-bond donors (Lipinski definition) is 0. The summed E-state index contributed by atoms with van der Waals surface area (Å²) in [5.41, 5.74) is 2.94. The van der Waals surface area contributed by atoms with E-state index < -0.39 is 0 Å². The molecule has 0 saturated heterocycles. The summed E-state index contributed by atoms with van der Waals surface area (Å²) in [5, 5.41) is 9.61. The summed E-state index contributed by atoms with van der Waals surface area (Å²) in [6.45, 7) is 6.30. The predicted octanol–water partition coefficient (Wildman–Crippen LogP) is 5.29. The maximum atomic E-state index is 6.15. The number of hydrogen-bond acceptors (Lipinski definition) is 4. The molecule has 6 heteroatoms. The first-order chi connectivity index (χ1) is 11.7. The van der Waals surface area contributed by atoms with Gasteiger partial charge < -0.3 is 0 Å². The molecule has 122 valence electrons. The molecule has 0 aliphatic rings. The van der Waals surface area contributed by atoms with Crippen molar-refractivity contribution in [2.75, 3.05) is 6.54 Å². The molecule has 3 aromatic rings. The van der Waals surface area contributed by atoms with Crippen molar-refractivity contribution >= 4 is 40.0 Å². The molecule has 3 nitrogen and oxygen atoms in total. The maximum Gasteiger partial charge on any atom is 0.206 e. The minimum atomic E-state index is 0.559. The van der Waals surface area contributed by atoms with Crippen LogP contribution in [0.2, 0.25) is 5.02 Å². The topological polar surface area (TPSA) is 29.6 Å². The van der Waals surface area contributed by atoms with Gasteiger partial charge in [0.1, 0.15) is 0 Å². The smallest absolute Gasteiger partial charge is 0.206 e. The summed E-state index contributed by atoms with van der Waals surface area (Å²) in [4.78, 5) is 6.53. The normalized spacial score (nSPS) is 12.6. The van der Waals surface area contributed by atoms with Gasteiger partial charge >= 0.3 is 0 Å². The largest absolute Gasteiger partial charge is 0.253 e. The molecule has 2 aromatic heterocycles. The molecule has 0 radical (unpaired) electrons. The molecule has 24 heavy (non-hydrogen) atoms.